The molecule has 0 aliphatic carbocycles. The average molecular weight is 389 g/mol. The van der Waals surface area contributed by atoms with Gasteiger partial charge in [-0.05, 0) is 25.1 Å². The zero-order valence-electron chi connectivity index (χ0n) is 16.3. The van der Waals surface area contributed by atoms with Gasteiger partial charge in [-0.15, -0.1) is 0 Å². The minimum atomic E-state index is -0.481. The molecule has 0 bridgehead atoms. The number of benzene rings is 1. The van der Waals surface area contributed by atoms with Gasteiger partial charge in [0.2, 0.25) is 6.10 Å². The van der Waals surface area contributed by atoms with Crippen molar-refractivity contribution in [1.82, 2.24) is 10.2 Å². The van der Waals surface area contributed by atoms with E-state index in [2.05, 4.69) is 10.5 Å². The number of oxime groups is 1. The van der Waals surface area contributed by atoms with Gasteiger partial charge in [-0.25, -0.2) is 0 Å². The number of amides is 2. The number of carbonyl (C=O) groups is 2. The number of nitrogens with one attached hydrogen (secondary N) is 1. The van der Waals surface area contributed by atoms with Crippen molar-refractivity contribution in [2.45, 2.75) is 38.4 Å². The molecule has 2 amide bonds. The van der Waals surface area contributed by atoms with Gasteiger partial charge in [-0.3, -0.25) is 9.59 Å². The Morgan fingerprint density at radius 1 is 1.32 bits per heavy atom. The molecule has 2 aliphatic heterocycles. The van der Waals surface area contributed by atoms with Gasteiger partial charge in [0.1, 0.15) is 11.9 Å². The lowest BCUT2D eigenvalue weighted by atomic mass is 10.1. The third-order valence-electron chi connectivity index (χ3n) is 4.84. The maximum atomic E-state index is 12.5. The van der Waals surface area contributed by atoms with Gasteiger partial charge in [0, 0.05) is 51.6 Å². The van der Waals surface area contributed by atoms with Gasteiger partial charge in [0.05, 0.1) is 12.3 Å². The van der Waals surface area contributed by atoms with E-state index in [-0.39, 0.29) is 17.9 Å². The van der Waals surface area contributed by atoms with Crippen LogP contribution in [0.4, 0.5) is 0 Å². The molecule has 8 nitrogen and oxygen atoms in total. The number of hydrogen-bond acceptors (Lipinski definition) is 6. The summed E-state index contributed by atoms with van der Waals surface area (Å²) in [6.45, 7) is 4.04. The van der Waals surface area contributed by atoms with Crippen LogP contribution < -0.4 is 10.1 Å². The van der Waals surface area contributed by atoms with Crippen molar-refractivity contribution in [3.05, 3.63) is 29.8 Å². The van der Waals surface area contributed by atoms with Gasteiger partial charge in [0.25, 0.3) is 11.8 Å². The number of piperidine rings is 1. The molecule has 0 spiro atoms. The summed E-state index contributed by atoms with van der Waals surface area (Å²) in [6.07, 6.45) is 1.57. The molecule has 2 heterocycles. The first-order valence-electron chi connectivity index (χ1n) is 9.58. The van der Waals surface area contributed by atoms with Crippen molar-refractivity contribution >= 4 is 17.5 Å². The molecule has 0 aromatic heterocycles. The van der Waals surface area contributed by atoms with Crippen molar-refractivity contribution in [2.75, 3.05) is 33.4 Å². The zero-order valence-corrected chi connectivity index (χ0v) is 16.3. The van der Waals surface area contributed by atoms with Crippen molar-refractivity contribution in [3.63, 3.8) is 0 Å². The molecule has 1 saturated heterocycles. The Bertz CT molecular complexity index is 728. The number of hydrogen-bond donors (Lipinski definition) is 1. The van der Waals surface area contributed by atoms with E-state index in [1.807, 2.05) is 17.9 Å². The van der Waals surface area contributed by atoms with Gasteiger partial charge < -0.3 is 24.5 Å². The van der Waals surface area contributed by atoms with Crippen LogP contribution >= 0.6 is 0 Å². The number of carbonyl (C=O) groups excluding carboxylic acids is 2. The minimum Gasteiger partial charge on any atom is -0.490 e. The summed E-state index contributed by atoms with van der Waals surface area (Å²) in [6, 6.07) is 7.14. The smallest absolute Gasteiger partial charge is 0.266 e. The highest BCUT2D eigenvalue weighted by Crippen LogP contribution is 2.22. The molecule has 1 atom stereocenters. The predicted molar refractivity (Wildman–Crippen MR) is 103 cm³/mol. The Hall–Kier alpha value is -2.61. The van der Waals surface area contributed by atoms with E-state index in [1.54, 1.807) is 25.3 Å². The highest BCUT2D eigenvalue weighted by Gasteiger charge is 2.33. The lowest BCUT2D eigenvalue weighted by molar-refractivity contribution is -0.143. The van der Waals surface area contributed by atoms with Crippen molar-refractivity contribution < 1.29 is 23.9 Å². The monoisotopic (exact) mass is 389 g/mol. The van der Waals surface area contributed by atoms with E-state index in [9.17, 15) is 9.59 Å². The molecule has 8 heteroatoms. The Morgan fingerprint density at radius 3 is 2.79 bits per heavy atom. The van der Waals surface area contributed by atoms with Crippen LogP contribution in [-0.4, -0.2) is 68.0 Å². The second-order valence-electron chi connectivity index (χ2n) is 7.04. The minimum absolute atomic E-state index is 0.00576. The largest absolute Gasteiger partial charge is 0.490 e. The van der Waals surface area contributed by atoms with Crippen LogP contribution in [0.3, 0.4) is 0 Å². The number of rotatable bonds is 7. The Kier molecular flexibility index (Phi) is 6.86. The maximum absolute atomic E-state index is 12.5. The van der Waals surface area contributed by atoms with Crippen LogP contribution in [0.5, 0.6) is 5.75 Å². The molecule has 1 aromatic carbocycles. The van der Waals surface area contributed by atoms with E-state index in [4.69, 9.17) is 14.3 Å². The van der Waals surface area contributed by atoms with Crippen molar-refractivity contribution in [2.24, 2.45) is 5.16 Å². The molecule has 0 unspecified atom stereocenters. The molecule has 152 valence electrons. The van der Waals surface area contributed by atoms with Crippen LogP contribution in [0.15, 0.2) is 29.4 Å². The fourth-order valence-corrected chi connectivity index (χ4v) is 3.30. The van der Waals surface area contributed by atoms with Gasteiger partial charge in [0.15, 0.2) is 0 Å². The van der Waals surface area contributed by atoms with Crippen molar-refractivity contribution in [1.29, 1.82) is 0 Å². The highest BCUT2D eigenvalue weighted by atomic mass is 16.6. The molecule has 1 N–H and O–H groups in total. The third kappa shape index (κ3) is 5.22. The number of ether oxygens (including phenoxy) is 2. The van der Waals surface area contributed by atoms with Crippen LogP contribution in [0, 0.1) is 0 Å². The van der Waals surface area contributed by atoms with E-state index in [0.29, 0.717) is 44.0 Å². The molecule has 1 aromatic rings. The summed E-state index contributed by atoms with van der Waals surface area (Å²) < 4.78 is 11.0. The summed E-state index contributed by atoms with van der Waals surface area (Å²) in [4.78, 5) is 31.6. The summed E-state index contributed by atoms with van der Waals surface area (Å²) in [5.74, 6) is 0.498. The number of nitrogens with zero attached hydrogens (tertiary/aromatic N) is 2. The molecule has 0 saturated carbocycles. The Labute approximate surface area is 164 Å². The highest BCUT2D eigenvalue weighted by molar-refractivity contribution is 5.94. The van der Waals surface area contributed by atoms with Gasteiger partial charge >= 0.3 is 0 Å². The fraction of sp³-hybridized carbons (Fsp3) is 0.550. The first-order valence-corrected chi connectivity index (χ1v) is 9.58. The van der Waals surface area contributed by atoms with Crippen LogP contribution in [-0.2, 0) is 14.4 Å². The zero-order chi connectivity index (χ0) is 19.9. The number of methoxy groups -OCH3 is 1. The van der Waals surface area contributed by atoms with E-state index in [0.717, 1.165) is 18.6 Å². The molecular formula is C20H27N3O5. The SMILES string of the molecule is COCCNC(=O)c1cccc(OC2CCN(C(=O)[C@@H]3CC(C)=NO3)CC2)c1. The van der Waals surface area contributed by atoms with Gasteiger partial charge in [-0.1, -0.05) is 11.2 Å². The molecule has 0 radical (unpaired) electrons. The fourth-order valence-electron chi connectivity index (χ4n) is 3.30. The summed E-state index contributed by atoms with van der Waals surface area (Å²) in [5.41, 5.74) is 1.40. The van der Waals surface area contributed by atoms with E-state index >= 15 is 0 Å². The topological polar surface area (TPSA) is 89.5 Å². The standard InChI is InChI=1S/C20H27N3O5/c1-14-12-18(28-22-14)20(25)23-9-6-16(7-10-23)27-17-5-3-4-15(13-17)19(24)21-8-11-26-2/h3-5,13,16,18H,6-12H2,1-2H3,(H,21,24)/t18-/m0/s1. The lowest BCUT2D eigenvalue weighted by Gasteiger charge is -2.33. The molecule has 28 heavy (non-hydrogen) atoms. The second kappa shape index (κ2) is 9.54. The average Bonchev–Trinajstić information content (AvgIpc) is 3.15. The Balaban J connectivity index is 1.47. The van der Waals surface area contributed by atoms with E-state index < -0.39 is 6.10 Å². The Morgan fingerprint density at radius 2 is 2.11 bits per heavy atom. The lowest BCUT2D eigenvalue weighted by Crippen LogP contribution is -2.46. The summed E-state index contributed by atoms with van der Waals surface area (Å²) >= 11 is 0. The first kappa shape index (κ1) is 20.1. The maximum Gasteiger partial charge on any atom is 0.266 e. The molecule has 3 rings (SSSR count). The predicted octanol–water partition coefficient (Wildman–Crippen LogP) is 1.60. The number of likely N-dealkylation sites (tertiary alicyclic amines) is 1. The molecular weight excluding hydrogens is 362 g/mol. The second-order valence-corrected chi connectivity index (χ2v) is 7.04. The van der Waals surface area contributed by atoms with Crippen LogP contribution in [0.25, 0.3) is 0 Å². The normalized spacial score (nSPS) is 19.7. The van der Waals surface area contributed by atoms with Crippen molar-refractivity contribution in [3.8, 4) is 5.75 Å². The first-order chi connectivity index (χ1) is 13.6. The van der Waals surface area contributed by atoms with E-state index in [1.165, 1.54) is 0 Å². The quantitative estimate of drug-likeness (QED) is 0.716. The molecule has 1 fully saturated rings. The summed E-state index contributed by atoms with van der Waals surface area (Å²) in [5, 5.41) is 6.65. The van der Waals surface area contributed by atoms with Crippen LogP contribution in [0.1, 0.15) is 36.5 Å². The third-order valence-corrected chi connectivity index (χ3v) is 4.84. The van der Waals surface area contributed by atoms with Crippen LogP contribution in [0.2, 0.25) is 0 Å². The molecule has 2 aliphatic rings. The van der Waals surface area contributed by atoms with Gasteiger partial charge in [-0.2, -0.15) is 0 Å². The summed E-state index contributed by atoms with van der Waals surface area (Å²) in [7, 11) is 1.59.